The predicted molar refractivity (Wildman–Crippen MR) is 77.8 cm³/mol. The molecular weight excluding hydrogens is 272 g/mol. The van der Waals surface area contributed by atoms with E-state index < -0.39 is 0 Å². The largest absolute Gasteiger partial charge is 0.395 e. The fourth-order valence-corrected chi connectivity index (χ4v) is 2.11. The Morgan fingerprint density at radius 2 is 2.14 bits per heavy atom. The molecule has 0 saturated carbocycles. The summed E-state index contributed by atoms with van der Waals surface area (Å²) in [5.74, 6) is -0.117. The number of benzene rings is 1. The lowest BCUT2D eigenvalue weighted by Gasteiger charge is -2.19. The summed E-state index contributed by atoms with van der Waals surface area (Å²) < 4.78 is 1.20. The van der Waals surface area contributed by atoms with Crippen molar-refractivity contribution >= 4 is 16.8 Å². The highest BCUT2D eigenvalue weighted by Gasteiger charge is 2.12. The highest BCUT2D eigenvalue weighted by atomic mass is 16.3. The van der Waals surface area contributed by atoms with E-state index in [1.807, 2.05) is 6.92 Å². The van der Waals surface area contributed by atoms with Crippen LogP contribution >= 0.6 is 0 Å². The van der Waals surface area contributed by atoms with Gasteiger partial charge in [0.25, 0.3) is 5.56 Å². The number of nitrogens with zero attached hydrogens (tertiary/aromatic N) is 4. The first-order valence-electron chi connectivity index (χ1n) is 6.88. The van der Waals surface area contributed by atoms with Gasteiger partial charge in [-0.3, -0.25) is 9.59 Å². The molecule has 0 aliphatic carbocycles. The minimum atomic E-state index is -0.251. The van der Waals surface area contributed by atoms with Crippen LogP contribution in [0.1, 0.15) is 13.3 Å². The predicted octanol–water partition coefficient (Wildman–Crippen LogP) is 0.0224. The maximum absolute atomic E-state index is 12.2. The molecule has 0 aliphatic rings. The lowest BCUT2D eigenvalue weighted by Crippen LogP contribution is -2.35. The van der Waals surface area contributed by atoms with E-state index >= 15 is 0 Å². The van der Waals surface area contributed by atoms with Crippen molar-refractivity contribution in [3.63, 3.8) is 0 Å². The molecule has 112 valence electrons. The summed E-state index contributed by atoms with van der Waals surface area (Å²) in [4.78, 5) is 25.7. The van der Waals surface area contributed by atoms with E-state index in [1.54, 1.807) is 29.2 Å². The van der Waals surface area contributed by atoms with Gasteiger partial charge in [-0.25, -0.2) is 4.68 Å². The fourth-order valence-electron chi connectivity index (χ4n) is 2.11. The molecule has 1 amide bonds. The van der Waals surface area contributed by atoms with Crippen LogP contribution in [0.3, 0.4) is 0 Å². The molecule has 0 radical (unpaired) electrons. The number of aliphatic hydroxyl groups excluding tert-OH is 1. The Morgan fingerprint density at radius 1 is 1.38 bits per heavy atom. The molecule has 2 rings (SSSR count). The maximum atomic E-state index is 12.2. The minimum absolute atomic E-state index is 0.0741. The van der Waals surface area contributed by atoms with Crippen molar-refractivity contribution in [3.8, 4) is 0 Å². The average molecular weight is 290 g/mol. The van der Waals surface area contributed by atoms with Gasteiger partial charge in [0.1, 0.15) is 5.52 Å². The second kappa shape index (κ2) is 6.94. The summed E-state index contributed by atoms with van der Waals surface area (Å²) in [6.45, 7) is 2.77. The zero-order chi connectivity index (χ0) is 15.2. The number of aromatic nitrogens is 3. The molecule has 0 unspecified atom stereocenters. The van der Waals surface area contributed by atoms with Crippen molar-refractivity contribution in [1.29, 1.82) is 0 Å². The molecular formula is C14H18N4O3. The van der Waals surface area contributed by atoms with Crippen LogP contribution in [0.5, 0.6) is 0 Å². The van der Waals surface area contributed by atoms with Crippen molar-refractivity contribution < 1.29 is 9.90 Å². The number of aryl methyl sites for hydroxylation is 1. The minimum Gasteiger partial charge on any atom is -0.395 e. The summed E-state index contributed by atoms with van der Waals surface area (Å²) in [5, 5.41) is 17.2. The number of aliphatic hydroxyl groups is 1. The van der Waals surface area contributed by atoms with Gasteiger partial charge in [-0.2, -0.15) is 0 Å². The van der Waals surface area contributed by atoms with Crippen molar-refractivity contribution in [2.45, 2.75) is 19.9 Å². The summed E-state index contributed by atoms with van der Waals surface area (Å²) in [5.41, 5.74) is 0.291. The normalized spacial score (nSPS) is 10.8. The molecule has 7 heteroatoms. The SMILES string of the molecule is CCN(CCO)C(=O)CCn1nnc2ccccc2c1=O. The number of fused-ring (bicyclic) bond motifs is 1. The van der Waals surface area contributed by atoms with Gasteiger partial charge in [0.15, 0.2) is 0 Å². The first-order valence-corrected chi connectivity index (χ1v) is 6.88. The topological polar surface area (TPSA) is 88.3 Å². The van der Waals surface area contributed by atoms with E-state index in [4.69, 9.17) is 5.11 Å². The molecule has 1 heterocycles. The van der Waals surface area contributed by atoms with Gasteiger partial charge in [-0.15, -0.1) is 5.10 Å². The van der Waals surface area contributed by atoms with Crippen LogP contribution in [0.2, 0.25) is 0 Å². The molecule has 1 N–H and O–H groups in total. The molecule has 0 saturated heterocycles. The summed E-state index contributed by atoms with van der Waals surface area (Å²) >= 11 is 0. The molecule has 7 nitrogen and oxygen atoms in total. The number of carbonyl (C=O) groups is 1. The van der Waals surface area contributed by atoms with Crippen LogP contribution in [0.25, 0.3) is 10.9 Å². The van der Waals surface area contributed by atoms with Crippen molar-refractivity contribution in [2.75, 3.05) is 19.7 Å². The van der Waals surface area contributed by atoms with E-state index in [9.17, 15) is 9.59 Å². The third-order valence-corrected chi connectivity index (χ3v) is 3.27. The van der Waals surface area contributed by atoms with Crippen molar-refractivity contribution in [1.82, 2.24) is 19.9 Å². The maximum Gasteiger partial charge on any atom is 0.277 e. The summed E-state index contributed by atoms with van der Waals surface area (Å²) in [6.07, 6.45) is 0.154. The van der Waals surface area contributed by atoms with Gasteiger partial charge in [0.05, 0.1) is 18.5 Å². The smallest absolute Gasteiger partial charge is 0.277 e. The number of hydrogen-bond acceptors (Lipinski definition) is 5. The summed E-state index contributed by atoms with van der Waals surface area (Å²) in [6, 6.07) is 6.97. The number of amides is 1. The van der Waals surface area contributed by atoms with Crippen LogP contribution in [0.15, 0.2) is 29.1 Å². The Kier molecular flexibility index (Phi) is 4.99. The zero-order valence-corrected chi connectivity index (χ0v) is 11.9. The van der Waals surface area contributed by atoms with Gasteiger partial charge in [-0.1, -0.05) is 17.3 Å². The quantitative estimate of drug-likeness (QED) is 0.810. The first kappa shape index (κ1) is 15.1. The van der Waals surface area contributed by atoms with Crippen molar-refractivity contribution in [2.24, 2.45) is 0 Å². The molecule has 0 fully saturated rings. The van der Waals surface area contributed by atoms with Gasteiger partial charge < -0.3 is 10.0 Å². The fraction of sp³-hybridized carbons (Fsp3) is 0.429. The number of carbonyl (C=O) groups excluding carboxylic acids is 1. The standard InChI is InChI=1S/C14H18N4O3/c1-2-17(9-10-19)13(20)7-8-18-14(21)11-5-3-4-6-12(11)15-16-18/h3-6,19H,2,7-10H2,1H3. The Labute approximate surface area is 121 Å². The highest BCUT2D eigenvalue weighted by Crippen LogP contribution is 2.04. The van der Waals surface area contributed by atoms with Crippen LogP contribution in [-0.2, 0) is 11.3 Å². The van der Waals surface area contributed by atoms with E-state index in [2.05, 4.69) is 10.3 Å². The molecule has 0 aliphatic heterocycles. The Balaban J connectivity index is 2.12. The molecule has 1 aromatic carbocycles. The third-order valence-electron chi connectivity index (χ3n) is 3.27. The van der Waals surface area contributed by atoms with Gasteiger partial charge in [-0.05, 0) is 19.1 Å². The molecule has 0 bridgehead atoms. The van der Waals surface area contributed by atoms with Gasteiger partial charge in [0, 0.05) is 19.5 Å². The van der Waals surface area contributed by atoms with E-state index in [0.29, 0.717) is 24.0 Å². The molecule has 0 spiro atoms. The summed E-state index contributed by atoms with van der Waals surface area (Å²) in [7, 11) is 0. The Hall–Kier alpha value is -2.28. The third kappa shape index (κ3) is 3.43. The van der Waals surface area contributed by atoms with Crippen LogP contribution in [0.4, 0.5) is 0 Å². The van der Waals surface area contributed by atoms with Crippen LogP contribution in [-0.4, -0.2) is 50.6 Å². The second-order valence-corrected chi connectivity index (χ2v) is 4.58. The van der Waals surface area contributed by atoms with Gasteiger partial charge >= 0.3 is 0 Å². The Bertz CT molecular complexity index is 683. The Morgan fingerprint density at radius 3 is 2.86 bits per heavy atom. The number of rotatable bonds is 6. The molecule has 21 heavy (non-hydrogen) atoms. The van der Waals surface area contributed by atoms with E-state index in [0.717, 1.165) is 0 Å². The zero-order valence-electron chi connectivity index (χ0n) is 11.9. The van der Waals surface area contributed by atoms with Crippen LogP contribution < -0.4 is 5.56 Å². The number of hydrogen-bond donors (Lipinski definition) is 1. The molecule has 2 aromatic rings. The second-order valence-electron chi connectivity index (χ2n) is 4.58. The van der Waals surface area contributed by atoms with Crippen molar-refractivity contribution in [3.05, 3.63) is 34.6 Å². The first-order chi connectivity index (χ1) is 10.2. The highest BCUT2D eigenvalue weighted by molar-refractivity contribution is 5.77. The van der Waals surface area contributed by atoms with Crippen LogP contribution in [0, 0.1) is 0 Å². The lowest BCUT2D eigenvalue weighted by molar-refractivity contribution is -0.131. The molecule has 1 aromatic heterocycles. The monoisotopic (exact) mass is 290 g/mol. The van der Waals surface area contributed by atoms with E-state index in [1.165, 1.54) is 4.68 Å². The lowest BCUT2D eigenvalue weighted by atomic mass is 10.2. The van der Waals surface area contributed by atoms with E-state index in [-0.39, 0.29) is 31.0 Å². The van der Waals surface area contributed by atoms with Gasteiger partial charge in [0.2, 0.25) is 5.91 Å². The average Bonchev–Trinajstić information content (AvgIpc) is 2.52. The molecule has 0 atom stereocenters. The number of likely N-dealkylation sites (N-methyl/N-ethyl adjacent to an activating group) is 1.